The van der Waals surface area contributed by atoms with Crippen molar-refractivity contribution in [2.75, 3.05) is 20.1 Å². The van der Waals surface area contributed by atoms with Crippen LogP contribution in [-0.2, 0) is 0 Å². The summed E-state index contributed by atoms with van der Waals surface area (Å²) in [4.78, 5) is 2.32. The molecule has 0 saturated heterocycles. The topological polar surface area (TPSA) is 16.4 Å². The van der Waals surface area contributed by atoms with Crippen molar-refractivity contribution in [1.29, 1.82) is 0 Å². The van der Waals surface area contributed by atoms with Crippen LogP contribution < -0.4 is 0 Å². The fourth-order valence-corrected chi connectivity index (χ4v) is 2.21. The Kier molecular flexibility index (Phi) is 2.29. The van der Waals surface area contributed by atoms with Gasteiger partial charge in [0.25, 0.3) is 0 Å². The molecule has 0 fully saturated rings. The molecule has 0 amide bonds. The van der Waals surface area contributed by atoms with Crippen LogP contribution in [0.3, 0.4) is 0 Å². The summed E-state index contributed by atoms with van der Waals surface area (Å²) in [6, 6.07) is 10.3. The average molecular weight is 213 g/mol. The standard InChI is InChI=1S/C14H15NO/c1-15-8-4-6-12(10-15)14-9-11-5-2-3-7-13(11)16-14/h2-3,5-7,9H,4,8,10H2,1H3. The maximum absolute atomic E-state index is 5.86. The lowest BCUT2D eigenvalue weighted by Gasteiger charge is -2.21. The minimum Gasteiger partial charge on any atom is -0.456 e. The highest BCUT2D eigenvalue weighted by Crippen LogP contribution is 2.26. The van der Waals surface area contributed by atoms with Crippen molar-refractivity contribution in [2.45, 2.75) is 6.42 Å². The molecular formula is C14H15NO. The van der Waals surface area contributed by atoms with Crippen molar-refractivity contribution in [3.63, 3.8) is 0 Å². The van der Waals surface area contributed by atoms with E-state index in [1.165, 1.54) is 11.0 Å². The molecule has 1 aromatic heterocycles. The zero-order valence-electron chi connectivity index (χ0n) is 9.44. The van der Waals surface area contributed by atoms with Gasteiger partial charge in [0, 0.05) is 24.0 Å². The quantitative estimate of drug-likeness (QED) is 0.723. The summed E-state index contributed by atoms with van der Waals surface area (Å²) < 4.78 is 5.86. The highest BCUT2D eigenvalue weighted by Gasteiger charge is 2.13. The van der Waals surface area contributed by atoms with Crippen LogP contribution in [0.2, 0.25) is 0 Å². The molecule has 0 spiro atoms. The first-order valence-corrected chi connectivity index (χ1v) is 5.69. The zero-order valence-corrected chi connectivity index (χ0v) is 9.44. The lowest BCUT2D eigenvalue weighted by atomic mass is 10.1. The molecule has 0 saturated carbocycles. The first-order valence-electron chi connectivity index (χ1n) is 5.69. The molecule has 1 aliphatic rings. The van der Waals surface area contributed by atoms with Gasteiger partial charge in [-0.3, -0.25) is 0 Å². The summed E-state index contributed by atoms with van der Waals surface area (Å²) in [6.45, 7) is 2.13. The van der Waals surface area contributed by atoms with Gasteiger partial charge >= 0.3 is 0 Å². The predicted molar refractivity (Wildman–Crippen MR) is 66.3 cm³/mol. The molecule has 2 heterocycles. The van der Waals surface area contributed by atoms with Gasteiger partial charge in [-0.25, -0.2) is 0 Å². The van der Waals surface area contributed by atoms with Gasteiger partial charge in [0.15, 0.2) is 0 Å². The number of nitrogens with zero attached hydrogens (tertiary/aromatic N) is 1. The first-order chi connectivity index (χ1) is 7.83. The summed E-state index contributed by atoms with van der Waals surface area (Å²) in [7, 11) is 2.15. The Bertz CT molecular complexity index is 505. The lowest BCUT2D eigenvalue weighted by molar-refractivity contribution is 0.369. The second-order valence-electron chi connectivity index (χ2n) is 4.40. The smallest absolute Gasteiger partial charge is 0.134 e. The van der Waals surface area contributed by atoms with E-state index in [1.54, 1.807) is 0 Å². The van der Waals surface area contributed by atoms with E-state index in [2.05, 4.69) is 30.2 Å². The van der Waals surface area contributed by atoms with Crippen molar-refractivity contribution in [1.82, 2.24) is 4.90 Å². The van der Waals surface area contributed by atoms with E-state index in [0.29, 0.717) is 0 Å². The van der Waals surface area contributed by atoms with Crippen LogP contribution in [0.5, 0.6) is 0 Å². The molecule has 0 atom stereocenters. The summed E-state index contributed by atoms with van der Waals surface area (Å²) in [5.41, 5.74) is 2.29. The van der Waals surface area contributed by atoms with Crippen molar-refractivity contribution < 1.29 is 4.42 Å². The molecule has 16 heavy (non-hydrogen) atoms. The monoisotopic (exact) mass is 213 g/mol. The number of likely N-dealkylation sites (N-methyl/N-ethyl adjacent to an activating group) is 1. The van der Waals surface area contributed by atoms with Gasteiger partial charge in [0.05, 0.1) is 0 Å². The number of fused-ring (bicyclic) bond motifs is 1. The van der Waals surface area contributed by atoms with Crippen molar-refractivity contribution in [3.8, 4) is 0 Å². The summed E-state index contributed by atoms with van der Waals surface area (Å²) in [5.74, 6) is 1.02. The molecule has 0 aliphatic carbocycles. The number of hydrogen-bond donors (Lipinski definition) is 0. The zero-order chi connectivity index (χ0) is 11.0. The van der Waals surface area contributed by atoms with E-state index >= 15 is 0 Å². The van der Waals surface area contributed by atoms with Crippen molar-refractivity contribution >= 4 is 16.5 Å². The molecule has 1 aliphatic heterocycles. The van der Waals surface area contributed by atoms with Gasteiger partial charge in [-0.1, -0.05) is 24.3 Å². The Morgan fingerprint density at radius 1 is 1.25 bits per heavy atom. The Balaban J connectivity index is 2.02. The van der Waals surface area contributed by atoms with E-state index in [-0.39, 0.29) is 0 Å². The van der Waals surface area contributed by atoms with Gasteiger partial charge in [0.2, 0.25) is 0 Å². The molecule has 0 N–H and O–H groups in total. The molecule has 2 nitrogen and oxygen atoms in total. The average Bonchev–Trinajstić information content (AvgIpc) is 2.72. The fourth-order valence-electron chi connectivity index (χ4n) is 2.21. The lowest BCUT2D eigenvalue weighted by Crippen LogP contribution is -2.24. The predicted octanol–water partition coefficient (Wildman–Crippen LogP) is 3.15. The largest absolute Gasteiger partial charge is 0.456 e. The summed E-state index contributed by atoms with van der Waals surface area (Å²) >= 11 is 0. The third-order valence-corrected chi connectivity index (χ3v) is 3.08. The molecule has 1 aromatic carbocycles. The van der Waals surface area contributed by atoms with Gasteiger partial charge in [-0.05, 0) is 25.6 Å². The third-order valence-electron chi connectivity index (χ3n) is 3.08. The molecule has 0 radical (unpaired) electrons. The summed E-state index contributed by atoms with van der Waals surface area (Å²) in [6.07, 6.45) is 3.40. The Hall–Kier alpha value is -1.54. The molecule has 82 valence electrons. The van der Waals surface area contributed by atoms with Crippen LogP contribution in [0.15, 0.2) is 40.8 Å². The third kappa shape index (κ3) is 1.65. The number of hydrogen-bond acceptors (Lipinski definition) is 2. The van der Waals surface area contributed by atoms with Crippen LogP contribution in [0.25, 0.3) is 16.5 Å². The first kappa shape index (κ1) is 9.67. The second kappa shape index (κ2) is 3.80. The van der Waals surface area contributed by atoms with Crippen LogP contribution in [0.4, 0.5) is 0 Å². The Morgan fingerprint density at radius 3 is 2.94 bits per heavy atom. The van der Waals surface area contributed by atoms with Crippen molar-refractivity contribution in [2.24, 2.45) is 0 Å². The number of para-hydroxylation sites is 1. The van der Waals surface area contributed by atoms with Crippen LogP contribution in [-0.4, -0.2) is 25.0 Å². The highest BCUT2D eigenvalue weighted by atomic mass is 16.3. The minimum absolute atomic E-state index is 0.978. The molecule has 0 bridgehead atoms. The van der Waals surface area contributed by atoms with Crippen molar-refractivity contribution in [3.05, 3.63) is 42.2 Å². The van der Waals surface area contributed by atoms with Gasteiger partial charge < -0.3 is 9.32 Å². The van der Waals surface area contributed by atoms with E-state index < -0.39 is 0 Å². The maximum Gasteiger partial charge on any atom is 0.134 e. The van der Waals surface area contributed by atoms with Gasteiger partial charge in [-0.2, -0.15) is 0 Å². The van der Waals surface area contributed by atoms with Gasteiger partial charge in [0.1, 0.15) is 11.3 Å². The van der Waals surface area contributed by atoms with E-state index in [9.17, 15) is 0 Å². The Labute approximate surface area is 95.2 Å². The van der Waals surface area contributed by atoms with Crippen LogP contribution in [0.1, 0.15) is 12.2 Å². The van der Waals surface area contributed by atoms with Gasteiger partial charge in [-0.15, -0.1) is 0 Å². The fraction of sp³-hybridized carbons (Fsp3) is 0.286. The number of furan rings is 1. The normalized spacial score (nSPS) is 17.7. The minimum atomic E-state index is 0.978. The van der Waals surface area contributed by atoms with Crippen LogP contribution in [0, 0.1) is 0 Å². The maximum atomic E-state index is 5.86. The van der Waals surface area contributed by atoms with E-state index in [1.807, 2.05) is 18.2 Å². The SMILES string of the molecule is CN1CCC=C(c2cc3ccccc3o2)C1. The number of benzene rings is 1. The molecular weight excluding hydrogens is 198 g/mol. The molecule has 2 aromatic rings. The second-order valence-corrected chi connectivity index (χ2v) is 4.40. The molecule has 3 rings (SSSR count). The molecule has 2 heteroatoms. The van der Waals surface area contributed by atoms with E-state index in [4.69, 9.17) is 4.42 Å². The van der Waals surface area contributed by atoms with Crippen LogP contribution >= 0.6 is 0 Å². The highest BCUT2D eigenvalue weighted by molar-refractivity contribution is 5.82. The van der Waals surface area contributed by atoms with E-state index in [0.717, 1.165) is 30.9 Å². The number of rotatable bonds is 1. The Morgan fingerprint density at radius 2 is 2.12 bits per heavy atom. The summed E-state index contributed by atoms with van der Waals surface area (Å²) in [5, 5.41) is 1.19. The molecule has 0 unspecified atom stereocenters.